The van der Waals surface area contributed by atoms with Gasteiger partial charge in [-0.15, -0.1) is 0 Å². The number of fused-ring (bicyclic) bond motifs is 1. The lowest BCUT2D eigenvalue weighted by Crippen LogP contribution is -2.16. The van der Waals surface area contributed by atoms with Gasteiger partial charge in [0.05, 0.1) is 18.4 Å². The first-order valence-electron chi connectivity index (χ1n) is 7.53. The molecule has 21 heavy (non-hydrogen) atoms. The second kappa shape index (κ2) is 5.41. The molecule has 4 rings (SSSR count). The SMILES string of the molecule is c1cc2c(cc1-c1cnc(CNCC3CC3)[nH]1)OCCO2. The third-order valence-electron chi connectivity index (χ3n) is 3.90. The van der Waals surface area contributed by atoms with Crippen LogP contribution in [0.25, 0.3) is 11.3 Å². The normalized spacial score (nSPS) is 17.0. The van der Waals surface area contributed by atoms with Gasteiger partial charge >= 0.3 is 0 Å². The Morgan fingerprint density at radius 1 is 1.19 bits per heavy atom. The fourth-order valence-electron chi connectivity index (χ4n) is 2.53. The number of ether oxygens (including phenoxy) is 2. The number of aromatic amines is 1. The van der Waals surface area contributed by atoms with Crippen LogP contribution in [0.3, 0.4) is 0 Å². The number of nitrogens with one attached hydrogen (secondary N) is 2. The van der Waals surface area contributed by atoms with Crippen molar-refractivity contribution < 1.29 is 9.47 Å². The maximum Gasteiger partial charge on any atom is 0.162 e. The summed E-state index contributed by atoms with van der Waals surface area (Å²) < 4.78 is 11.2. The molecule has 0 bridgehead atoms. The number of H-pyrrole nitrogens is 1. The summed E-state index contributed by atoms with van der Waals surface area (Å²) in [5.41, 5.74) is 2.08. The molecule has 1 aliphatic heterocycles. The van der Waals surface area contributed by atoms with E-state index in [4.69, 9.17) is 9.47 Å². The van der Waals surface area contributed by atoms with Crippen LogP contribution >= 0.6 is 0 Å². The van der Waals surface area contributed by atoms with Gasteiger partial charge in [0.2, 0.25) is 0 Å². The summed E-state index contributed by atoms with van der Waals surface area (Å²) in [5, 5.41) is 3.44. The standard InChI is InChI=1S/C16H19N3O2/c1-2-11(1)8-17-10-16-18-9-13(19-16)12-3-4-14-15(7-12)21-6-5-20-14/h3-4,7,9,11,17H,1-2,5-6,8,10H2,(H,18,19). The highest BCUT2D eigenvalue weighted by Crippen LogP contribution is 2.34. The molecule has 1 saturated carbocycles. The van der Waals surface area contributed by atoms with Crippen LogP contribution in [0.15, 0.2) is 24.4 Å². The Labute approximate surface area is 123 Å². The minimum atomic E-state index is 0.607. The summed E-state index contributed by atoms with van der Waals surface area (Å²) in [7, 11) is 0. The Morgan fingerprint density at radius 2 is 2.05 bits per heavy atom. The van der Waals surface area contributed by atoms with E-state index in [2.05, 4.69) is 15.3 Å². The van der Waals surface area contributed by atoms with Crippen molar-refractivity contribution in [3.05, 3.63) is 30.2 Å². The molecule has 1 fully saturated rings. The summed E-state index contributed by atoms with van der Waals surface area (Å²) in [6.45, 7) is 3.12. The second-order valence-corrected chi connectivity index (χ2v) is 5.68. The van der Waals surface area contributed by atoms with E-state index in [0.717, 1.165) is 47.6 Å². The third kappa shape index (κ3) is 2.88. The van der Waals surface area contributed by atoms with Crippen molar-refractivity contribution in [3.63, 3.8) is 0 Å². The van der Waals surface area contributed by atoms with Crippen molar-refractivity contribution in [1.29, 1.82) is 0 Å². The van der Waals surface area contributed by atoms with E-state index in [0.29, 0.717) is 13.2 Å². The number of aromatic nitrogens is 2. The van der Waals surface area contributed by atoms with E-state index in [1.165, 1.54) is 12.8 Å². The zero-order chi connectivity index (χ0) is 14.1. The molecule has 5 heteroatoms. The van der Waals surface area contributed by atoms with Gasteiger partial charge in [0, 0.05) is 5.56 Å². The Morgan fingerprint density at radius 3 is 2.90 bits per heavy atom. The van der Waals surface area contributed by atoms with E-state index in [1.807, 2.05) is 24.4 Å². The average Bonchev–Trinajstić information content (AvgIpc) is 3.23. The molecule has 1 aliphatic carbocycles. The van der Waals surface area contributed by atoms with Gasteiger partial charge in [-0.2, -0.15) is 0 Å². The van der Waals surface area contributed by atoms with E-state index < -0.39 is 0 Å². The molecule has 0 saturated heterocycles. The molecule has 2 aromatic rings. The lowest BCUT2D eigenvalue weighted by Gasteiger charge is -2.18. The molecule has 2 N–H and O–H groups in total. The molecular weight excluding hydrogens is 266 g/mol. The first kappa shape index (κ1) is 12.7. The molecule has 0 spiro atoms. The molecule has 110 valence electrons. The van der Waals surface area contributed by atoms with Crippen molar-refractivity contribution >= 4 is 0 Å². The van der Waals surface area contributed by atoms with Crippen molar-refractivity contribution in [3.8, 4) is 22.8 Å². The van der Waals surface area contributed by atoms with Crippen molar-refractivity contribution in [2.45, 2.75) is 19.4 Å². The molecule has 0 atom stereocenters. The fraction of sp³-hybridized carbons (Fsp3) is 0.438. The summed E-state index contributed by atoms with van der Waals surface area (Å²) in [6.07, 6.45) is 4.61. The monoisotopic (exact) mass is 285 g/mol. The zero-order valence-electron chi connectivity index (χ0n) is 11.9. The van der Waals surface area contributed by atoms with Crippen LogP contribution in [-0.4, -0.2) is 29.7 Å². The predicted octanol–water partition coefficient (Wildman–Crippen LogP) is 2.35. The van der Waals surface area contributed by atoms with Crippen LogP contribution in [0.4, 0.5) is 0 Å². The fourth-order valence-corrected chi connectivity index (χ4v) is 2.53. The molecule has 1 aromatic heterocycles. The number of benzene rings is 1. The quantitative estimate of drug-likeness (QED) is 0.885. The minimum Gasteiger partial charge on any atom is -0.486 e. The Kier molecular flexibility index (Phi) is 3.27. The van der Waals surface area contributed by atoms with Crippen LogP contribution in [0.5, 0.6) is 11.5 Å². The molecule has 0 radical (unpaired) electrons. The Bertz CT molecular complexity index is 634. The molecule has 0 amide bonds. The van der Waals surface area contributed by atoms with Gasteiger partial charge in [-0.3, -0.25) is 0 Å². The second-order valence-electron chi connectivity index (χ2n) is 5.68. The topological polar surface area (TPSA) is 59.2 Å². The van der Waals surface area contributed by atoms with E-state index in [9.17, 15) is 0 Å². The van der Waals surface area contributed by atoms with Gasteiger partial charge in [-0.1, -0.05) is 0 Å². The third-order valence-corrected chi connectivity index (χ3v) is 3.90. The van der Waals surface area contributed by atoms with Gasteiger partial charge < -0.3 is 19.8 Å². The molecule has 2 aliphatic rings. The Balaban J connectivity index is 1.46. The number of rotatable bonds is 5. The van der Waals surface area contributed by atoms with Crippen LogP contribution in [0.2, 0.25) is 0 Å². The molecule has 1 aromatic carbocycles. The summed E-state index contributed by atoms with van der Waals surface area (Å²) in [5.74, 6) is 3.48. The molecule has 5 nitrogen and oxygen atoms in total. The van der Waals surface area contributed by atoms with E-state index >= 15 is 0 Å². The van der Waals surface area contributed by atoms with Gasteiger partial charge in [0.25, 0.3) is 0 Å². The van der Waals surface area contributed by atoms with E-state index in [-0.39, 0.29) is 0 Å². The lowest BCUT2D eigenvalue weighted by atomic mass is 10.1. The van der Waals surface area contributed by atoms with Crippen LogP contribution in [-0.2, 0) is 6.54 Å². The first-order chi connectivity index (χ1) is 10.4. The summed E-state index contributed by atoms with van der Waals surface area (Å²) in [6, 6.07) is 5.99. The van der Waals surface area contributed by atoms with Crippen LogP contribution in [0, 0.1) is 5.92 Å². The predicted molar refractivity (Wildman–Crippen MR) is 79.4 cm³/mol. The molecule has 2 heterocycles. The number of nitrogens with zero attached hydrogens (tertiary/aromatic N) is 1. The largest absolute Gasteiger partial charge is 0.486 e. The van der Waals surface area contributed by atoms with Crippen molar-refractivity contribution in [2.24, 2.45) is 5.92 Å². The summed E-state index contributed by atoms with van der Waals surface area (Å²) in [4.78, 5) is 7.79. The van der Waals surface area contributed by atoms with Crippen LogP contribution in [0.1, 0.15) is 18.7 Å². The van der Waals surface area contributed by atoms with Gasteiger partial charge in [0.1, 0.15) is 19.0 Å². The highest BCUT2D eigenvalue weighted by Gasteiger charge is 2.20. The smallest absolute Gasteiger partial charge is 0.162 e. The zero-order valence-corrected chi connectivity index (χ0v) is 11.9. The highest BCUT2D eigenvalue weighted by atomic mass is 16.6. The Hall–Kier alpha value is -2.01. The van der Waals surface area contributed by atoms with Crippen molar-refractivity contribution in [1.82, 2.24) is 15.3 Å². The lowest BCUT2D eigenvalue weighted by molar-refractivity contribution is 0.171. The highest BCUT2D eigenvalue weighted by molar-refractivity contribution is 5.63. The first-order valence-corrected chi connectivity index (χ1v) is 7.53. The van der Waals surface area contributed by atoms with Crippen LogP contribution < -0.4 is 14.8 Å². The van der Waals surface area contributed by atoms with Gasteiger partial charge in [-0.25, -0.2) is 4.98 Å². The number of hydrogen-bond donors (Lipinski definition) is 2. The maximum atomic E-state index is 5.62. The molecular formula is C16H19N3O2. The minimum absolute atomic E-state index is 0.607. The van der Waals surface area contributed by atoms with E-state index in [1.54, 1.807) is 0 Å². The van der Waals surface area contributed by atoms with Gasteiger partial charge in [0.15, 0.2) is 11.5 Å². The maximum absolute atomic E-state index is 5.62. The number of imidazole rings is 1. The average molecular weight is 285 g/mol. The van der Waals surface area contributed by atoms with Gasteiger partial charge in [-0.05, 0) is 43.5 Å². The summed E-state index contributed by atoms with van der Waals surface area (Å²) >= 11 is 0. The number of hydrogen-bond acceptors (Lipinski definition) is 4. The molecule has 0 unspecified atom stereocenters. The van der Waals surface area contributed by atoms with Crippen molar-refractivity contribution in [2.75, 3.05) is 19.8 Å².